The number of carbonyl (C=O) groups is 1. The summed E-state index contributed by atoms with van der Waals surface area (Å²) < 4.78 is 5.74. The Bertz CT molecular complexity index is 555. The second-order valence-electron chi connectivity index (χ2n) is 4.28. The Morgan fingerprint density at radius 1 is 1.05 bits per heavy atom. The fourth-order valence-electron chi connectivity index (χ4n) is 1.80. The van der Waals surface area contributed by atoms with Gasteiger partial charge in [-0.15, -0.1) is 0 Å². The molecule has 2 N–H and O–H groups in total. The fraction of sp³-hybridized carbons (Fsp3) is 0.188. The van der Waals surface area contributed by atoms with Gasteiger partial charge < -0.3 is 15.4 Å². The first-order chi connectivity index (χ1) is 9.79. The van der Waals surface area contributed by atoms with Crippen LogP contribution in [-0.2, 0) is 6.42 Å². The number of nitrogens with one attached hydrogen (secondary N) is 2. The average Bonchev–Trinajstić information content (AvgIpc) is 2.50. The third-order valence-electron chi connectivity index (χ3n) is 2.85. The Morgan fingerprint density at radius 2 is 1.75 bits per heavy atom. The Morgan fingerprint density at radius 3 is 2.50 bits per heavy atom. The minimum Gasteiger partial charge on any atom is -0.491 e. The molecule has 0 aliphatic carbocycles. The lowest BCUT2D eigenvalue weighted by molar-refractivity contribution is 0.253. The molecular formula is C16H18N2O2. The summed E-state index contributed by atoms with van der Waals surface area (Å²) in [7, 11) is 1.58. The molecule has 0 heterocycles. The molecule has 2 aromatic rings. The number of anilines is 1. The first kappa shape index (κ1) is 13.9. The second kappa shape index (κ2) is 7.19. The van der Waals surface area contributed by atoms with Crippen molar-refractivity contribution < 1.29 is 9.53 Å². The highest BCUT2D eigenvalue weighted by atomic mass is 16.5. The van der Waals surface area contributed by atoms with Crippen molar-refractivity contribution in [2.24, 2.45) is 0 Å². The van der Waals surface area contributed by atoms with Gasteiger partial charge in [0.15, 0.2) is 0 Å². The van der Waals surface area contributed by atoms with Crippen LogP contribution in [0.5, 0.6) is 5.75 Å². The van der Waals surface area contributed by atoms with Crippen molar-refractivity contribution in [2.45, 2.75) is 6.42 Å². The monoisotopic (exact) mass is 270 g/mol. The smallest absolute Gasteiger partial charge is 0.319 e. The SMILES string of the molecule is CNC(=O)Nc1ccccc1OCCc1ccccc1. The Kier molecular flexibility index (Phi) is 5.00. The second-order valence-corrected chi connectivity index (χ2v) is 4.28. The van der Waals surface area contributed by atoms with Crippen molar-refractivity contribution in [3.63, 3.8) is 0 Å². The number of urea groups is 1. The quantitative estimate of drug-likeness (QED) is 0.877. The number of ether oxygens (including phenoxy) is 1. The van der Waals surface area contributed by atoms with E-state index in [-0.39, 0.29) is 6.03 Å². The van der Waals surface area contributed by atoms with Crippen LogP contribution in [0.1, 0.15) is 5.56 Å². The van der Waals surface area contributed by atoms with E-state index in [1.807, 2.05) is 42.5 Å². The van der Waals surface area contributed by atoms with Crippen molar-refractivity contribution >= 4 is 11.7 Å². The zero-order valence-electron chi connectivity index (χ0n) is 11.4. The van der Waals surface area contributed by atoms with Crippen molar-refractivity contribution in [1.29, 1.82) is 0 Å². The predicted octanol–water partition coefficient (Wildman–Crippen LogP) is 3.06. The largest absolute Gasteiger partial charge is 0.491 e. The summed E-state index contributed by atoms with van der Waals surface area (Å²) in [5.41, 5.74) is 1.89. The Labute approximate surface area is 118 Å². The van der Waals surface area contributed by atoms with Crippen molar-refractivity contribution in [2.75, 3.05) is 19.0 Å². The van der Waals surface area contributed by atoms with Gasteiger partial charge in [-0.1, -0.05) is 42.5 Å². The highest BCUT2D eigenvalue weighted by Gasteiger charge is 2.05. The molecule has 4 heteroatoms. The van der Waals surface area contributed by atoms with Gasteiger partial charge in [-0.3, -0.25) is 0 Å². The van der Waals surface area contributed by atoms with E-state index >= 15 is 0 Å². The van der Waals surface area contributed by atoms with Gasteiger partial charge in [-0.25, -0.2) is 4.79 Å². The summed E-state index contributed by atoms with van der Waals surface area (Å²) >= 11 is 0. The first-order valence-corrected chi connectivity index (χ1v) is 6.54. The molecule has 0 saturated heterocycles. The van der Waals surface area contributed by atoms with Gasteiger partial charge in [-0.2, -0.15) is 0 Å². The van der Waals surface area contributed by atoms with E-state index in [1.165, 1.54) is 5.56 Å². The van der Waals surface area contributed by atoms with E-state index in [4.69, 9.17) is 4.74 Å². The van der Waals surface area contributed by atoms with E-state index in [0.29, 0.717) is 18.0 Å². The molecule has 104 valence electrons. The molecule has 0 unspecified atom stereocenters. The van der Waals surface area contributed by atoms with Crippen LogP contribution in [0.4, 0.5) is 10.5 Å². The first-order valence-electron chi connectivity index (χ1n) is 6.54. The van der Waals surface area contributed by atoms with Crippen LogP contribution in [0.2, 0.25) is 0 Å². The van der Waals surface area contributed by atoms with Crippen LogP contribution < -0.4 is 15.4 Å². The normalized spacial score (nSPS) is 9.85. The van der Waals surface area contributed by atoms with Crippen LogP contribution in [0.3, 0.4) is 0 Å². The molecule has 0 aliphatic rings. The van der Waals surface area contributed by atoms with E-state index in [1.54, 1.807) is 7.05 Å². The Hall–Kier alpha value is -2.49. The van der Waals surface area contributed by atoms with Gasteiger partial charge in [0.25, 0.3) is 0 Å². The Balaban J connectivity index is 1.94. The summed E-state index contributed by atoms with van der Waals surface area (Å²) in [6.45, 7) is 0.566. The van der Waals surface area contributed by atoms with Crippen molar-refractivity contribution in [1.82, 2.24) is 5.32 Å². The molecule has 0 aliphatic heterocycles. The van der Waals surface area contributed by atoms with E-state index in [0.717, 1.165) is 6.42 Å². The molecule has 2 aromatic carbocycles. The number of rotatable bonds is 5. The molecular weight excluding hydrogens is 252 g/mol. The van der Waals surface area contributed by atoms with E-state index in [2.05, 4.69) is 22.8 Å². The number of hydrogen-bond acceptors (Lipinski definition) is 2. The zero-order valence-corrected chi connectivity index (χ0v) is 11.4. The maximum atomic E-state index is 11.4. The molecule has 4 nitrogen and oxygen atoms in total. The van der Waals surface area contributed by atoms with Gasteiger partial charge >= 0.3 is 6.03 Å². The van der Waals surface area contributed by atoms with E-state index in [9.17, 15) is 4.79 Å². The topological polar surface area (TPSA) is 50.4 Å². The van der Waals surface area contributed by atoms with Crippen LogP contribution >= 0.6 is 0 Å². The lowest BCUT2D eigenvalue weighted by Crippen LogP contribution is -2.24. The lowest BCUT2D eigenvalue weighted by atomic mass is 10.2. The van der Waals surface area contributed by atoms with Crippen molar-refractivity contribution in [3.8, 4) is 5.75 Å². The summed E-state index contributed by atoms with van der Waals surface area (Å²) in [5.74, 6) is 0.673. The molecule has 2 rings (SSSR count). The van der Waals surface area contributed by atoms with Gasteiger partial charge in [0.05, 0.1) is 12.3 Å². The van der Waals surface area contributed by atoms with Gasteiger partial charge in [0.1, 0.15) is 5.75 Å². The van der Waals surface area contributed by atoms with Gasteiger partial charge in [0.2, 0.25) is 0 Å². The van der Waals surface area contributed by atoms with Crippen LogP contribution in [0, 0.1) is 0 Å². The highest BCUT2D eigenvalue weighted by Crippen LogP contribution is 2.23. The molecule has 0 aromatic heterocycles. The van der Waals surface area contributed by atoms with Gasteiger partial charge in [0, 0.05) is 13.5 Å². The zero-order chi connectivity index (χ0) is 14.2. The third-order valence-corrected chi connectivity index (χ3v) is 2.85. The van der Waals surface area contributed by atoms with Crippen LogP contribution in [-0.4, -0.2) is 19.7 Å². The van der Waals surface area contributed by atoms with Crippen LogP contribution in [0.25, 0.3) is 0 Å². The molecule has 0 spiro atoms. The minimum atomic E-state index is -0.260. The standard InChI is InChI=1S/C16H18N2O2/c1-17-16(19)18-14-9-5-6-10-15(14)20-12-11-13-7-3-2-4-8-13/h2-10H,11-12H2,1H3,(H2,17,18,19). The number of benzene rings is 2. The van der Waals surface area contributed by atoms with Crippen molar-refractivity contribution in [3.05, 3.63) is 60.2 Å². The predicted molar refractivity (Wildman–Crippen MR) is 80.2 cm³/mol. The molecule has 2 amide bonds. The summed E-state index contributed by atoms with van der Waals surface area (Å²) in [6, 6.07) is 17.3. The average molecular weight is 270 g/mol. The third kappa shape index (κ3) is 4.02. The molecule has 0 saturated carbocycles. The summed E-state index contributed by atoms with van der Waals surface area (Å²) in [4.78, 5) is 11.4. The summed E-state index contributed by atoms with van der Waals surface area (Å²) in [5, 5.41) is 5.25. The minimum absolute atomic E-state index is 0.260. The lowest BCUT2D eigenvalue weighted by Gasteiger charge is -2.12. The molecule has 0 fully saturated rings. The number of hydrogen-bond donors (Lipinski definition) is 2. The molecule has 0 radical (unpaired) electrons. The van der Waals surface area contributed by atoms with E-state index < -0.39 is 0 Å². The maximum Gasteiger partial charge on any atom is 0.319 e. The number of amides is 2. The molecule has 20 heavy (non-hydrogen) atoms. The summed E-state index contributed by atoms with van der Waals surface area (Å²) in [6.07, 6.45) is 0.829. The van der Waals surface area contributed by atoms with Crippen LogP contribution in [0.15, 0.2) is 54.6 Å². The fourth-order valence-corrected chi connectivity index (χ4v) is 1.80. The maximum absolute atomic E-state index is 11.4. The molecule has 0 bridgehead atoms. The van der Waals surface area contributed by atoms with Gasteiger partial charge in [-0.05, 0) is 17.7 Å². The molecule has 0 atom stereocenters. The highest BCUT2D eigenvalue weighted by molar-refractivity contribution is 5.90. The number of carbonyl (C=O) groups excluding carboxylic acids is 1. The number of para-hydroxylation sites is 2.